The molecule has 0 radical (unpaired) electrons. The van der Waals surface area contributed by atoms with Crippen LogP contribution in [0.15, 0.2) is 59.3 Å². The average molecular weight is 452 g/mol. The van der Waals surface area contributed by atoms with Crippen LogP contribution in [0, 0.1) is 0 Å². The standard InChI is InChI=1S/C23H22ClN5O3/c1-14(2)29-22-16(12-25-29)15(11-19(27-22)20-9-6-10-32-20)23(31)28(3)13-21(30)26-18-8-5-4-7-17(18)24/h4-12,14H,13H2,1-3H3,(H,26,30). The Balaban J connectivity index is 1.65. The van der Waals surface area contributed by atoms with Crippen molar-refractivity contribution in [1.29, 1.82) is 0 Å². The first-order valence-corrected chi connectivity index (χ1v) is 10.4. The highest BCUT2D eigenvalue weighted by molar-refractivity contribution is 6.33. The Hall–Kier alpha value is -3.65. The van der Waals surface area contributed by atoms with Crippen LogP contribution in [0.4, 0.5) is 5.69 Å². The van der Waals surface area contributed by atoms with Crippen LogP contribution in [0.3, 0.4) is 0 Å². The van der Waals surface area contributed by atoms with Gasteiger partial charge in [0.15, 0.2) is 11.4 Å². The molecule has 0 atom stereocenters. The second-order valence-electron chi connectivity index (χ2n) is 7.64. The van der Waals surface area contributed by atoms with Crippen molar-refractivity contribution in [1.82, 2.24) is 19.7 Å². The Morgan fingerprint density at radius 3 is 2.69 bits per heavy atom. The molecule has 0 spiro atoms. The quantitative estimate of drug-likeness (QED) is 0.461. The Morgan fingerprint density at radius 1 is 1.22 bits per heavy atom. The largest absolute Gasteiger partial charge is 0.463 e. The Morgan fingerprint density at radius 2 is 2.00 bits per heavy atom. The zero-order chi connectivity index (χ0) is 22.8. The first-order valence-electron chi connectivity index (χ1n) is 10.1. The lowest BCUT2D eigenvalue weighted by molar-refractivity contribution is -0.116. The number of amides is 2. The van der Waals surface area contributed by atoms with Gasteiger partial charge in [0.1, 0.15) is 5.69 Å². The van der Waals surface area contributed by atoms with Crippen LogP contribution >= 0.6 is 11.6 Å². The lowest BCUT2D eigenvalue weighted by Gasteiger charge is -2.18. The van der Waals surface area contributed by atoms with Gasteiger partial charge >= 0.3 is 0 Å². The lowest BCUT2D eigenvalue weighted by atomic mass is 10.1. The number of likely N-dealkylation sites (N-methyl/N-ethyl adjacent to an activating group) is 1. The number of furan rings is 1. The molecule has 0 unspecified atom stereocenters. The summed E-state index contributed by atoms with van der Waals surface area (Å²) in [6.45, 7) is 3.82. The second kappa shape index (κ2) is 8.84. The molecule has 164 valence electrons. The highest BCUT2D eigenvalue weighted by Crippen LogP contribution is 2.27. The molecule has 3 aromatic heterocycles. The number of nitrogens with one attached hydrogen (secondary N) is 1. The van der Waals surface area contributed by atoms with E-state index in [1.165, 1.54) is 4.90 Å². The van der Waals surface area contributed by atoms with E-state index in [4.69, 9.17) is 16.0 Å². The molecule has 0 aliphatic rings. The molecule has 0 fully saturated rings. The summed E-state index contributed by atoms with van der Waals surface area (Å²) < 4.78 is 7.24. The van der Waals surface area contributed by atoms with Gasteiger partial charge in [0.05, 0.1) is 40.7 Å². The number of benzene rings is 1. The second-order valence-corrected chi connectivity index (χ2v) is 8.05. The number of aromatic nitrogens is 3. The summed E-state index contributed by atoms with van der Waals surface area (Å²) in [6, 6.07) is 12.2. The smallest absolute Gasteiger partial charge is 0.254 e. The third kappa shape index (κ3) is 4.22. The van der Waals surface area contributed by atoms with Crippen molar-refractivity contribution in [3.05, 3.63) is 65.5 Å². The Labute approximate surface area is 189 Å². The predicted molar refractivity (Wildman–Crippen MR) is 123 cm³/mol. The molecule has 4 aromatic rings. The van der Waals surface area contributed by atoms with Crippen LogP contribution in [-0.2, 0) is 4.79 Å². The first-order chi connectivity index (χ1) is 15.3. The van der Waals surface area contributed by atoms with Gasteiger partial charge in [0.25, 0.3) is 5.91 Å². The molecule has 3 heterocycles. The number of hydrogen-bond acceptors (Lipinski definition) is 5. The number of nitrogens with zero attached hydrogens (tertiary/aromatic N) is 4. The van der Waals surface area contributed by atoms with Gasteiger partial charge < -0.3 is 14.6 Å². The van der Waals surface area contributed by atoms with Gasteiger partial charge in [-0.15, -0.1) is 0 Å². The number of carbonyl (C=O) groups is 2. The van der Waals surface area contributed by atoms with Crippen molar-refractivity contribution in [2.75, 3.05) is 18.9 Å². The van der Waals surface area contributed by atoms with Crippen LogP contribution < -0.4 is 5.32 Å². The summed E-state index contributed by atoms with van der Waals surface area (Å²) in [5, 5.41) is 8.17. The molecule has 1 N–H and O–H groups in total. The summed E-state index contributed by atoms with van der Waals surface area (Å²) in [7, 11) is 1.57. The van der Waals surface area contributed by atoms with E-state index in [9.17, 15) is 9.59 Å². The molecule has 8 nitrogen and oxygen atoms in total. The van der Waals surface area contributed by atoms with E-state index in [0.717, 1.165) is 0 Å². The highest BCUT2D eigenvalue weighted by atomic mass is 35.5. The molecule has 32 heavy (non-hydrogen) atoms. The number of carbonyl (C=O) groups excluding carboxylic acids is 2. The molecule has 0 saturated carbocycles. The summed E-state index contributed by atoms with van der Waals surface area (Å²) in [6.07, 6.45) is 3.17. The molecule has 1 aromatic carbocycles. The van der Waals surface area contributed by atoms with Gasteiger partial charge in [-0.3, -0.25) is 9.59 Å². The highest BCUT2D eigenvalue weighted by Gasteiger charge is 2.23. The van der Waals surface area contributed by atoms with Crippen LogP contribution in [0.2, 0.25) is 5.02 Å². The molecule has 0 bridgehead atoms. The van der Waals surface area contributed by atoms with Gasteiger partial charge in [-0.2, -0.15) is 5.10 Å². The fourth-order valence-electron chi connectivity index (χ4n) is 3.37. The third-order valence-corrected chi connectivity index (χ3v) is 5.26. The van der Waals surface area contributed by atoms with Crippen molar-refractivity contribution in [2.24, 2.45) is 0 Å². The molecule has 0 saturated heterocycles. The third-order valence-electron chi connectivity index (χ3n) is 4.94. The maximum atomic E-state index is 13.3. The van der Waals surface area contributed by atoms with E-state index in [-0.39, 0.29) is 24.4 Å². The molecule has 2 amide bonds. The number of hydrogen-bond donors (Lipinski definition) is 1. The van der Waals surface area contributed by atoms with Crippen LogP contribution in [-0.4, -0.2) is 45.1 Å². The topological polar surface area (TPSA) is 93.3 Å². The number of rotatable bonds is 6. The SMILES string of the molecule is CC(C)n1ncc2c(C(=O)N(C)CC(=O)Nc3ccccc3Cl)cc(-c3ccco3)nc21. The van der Waals surface area contributed by atoms with Crippen molar-refractivity contribution in [3.8, 4) is 11.5 Å². The van der Waals surface area contributed by atoms with Gasteiger partial charge in [-0.05, 0) is 44.2 Å². The van der Waals surface area contributed by atoms with Gasteiger partial charge in [0.2, 0.25) is 5.91 Å². The average Bonchev–Trinajstić information content (AvgIpc) is 3.44. The van der Waals surface area contributed by atoms with Crippen molar-refractivity contribution >= 4 is 40.1 Å². The van der Waals surface area contributed by atoms with Gasteiger partial charge in [-0.1, -0.05) is 23.7 Å². The van der Waals surface area contributed by atoms with Crippen LogP contribution in [0.1, 0.15) is 30.2 Å². The normalized spacial score (nSPS) is 11.2. The minimum Gasteiger partial charge on any atom is -0.463 e. The molecule has 4 rings (SSSR count). The molecule has 0 aliphatic heterocycles. The van der Waals surface area contributed by atoms with Gasteiger partial charge in [-0.25, -0.2) is 9.67 Å². The fraction of sp³-hybridized carbons (Fsp3) is 0.217. The fourth-order valence-corrected chi connectivity index (χ4v) is 3.55. The molecular weight excluding hydrogens is 430 g/mol. The minimum absolute atomic E-state index is 0.0499. The van der Waals surface area contributed by atoms with Crippen LogP contribution in [0.5, 0.6) is 0 Å². The maximum Gasteiger partial charge on any atom is 0.254 e. The summed E-state index contributed by atoms with van der Waals surface area (Å²) in [4.78, 5) is 31.9. The summed E-state index contributed by atoms with van der Waals surface area (Å²) in [5.74, 6) is -0.150. The minimum atomic E-state index is -0.358. The monoisotopic (exact) mass is 451 g/mol. The number of para-hydroxylation sites is 1. The maximum absolute atomic E-state index is 13.3. The zero-order valence-electron chi connectivity index (χ0n) is 17.9. The van der Waals surface area contributed by atoms with Crippen LogP contribution in [0.25, 0.3) is 22.5 Å². The van der Waals surface area contributed by atoms with E-state index < -0.39 is 0 Å². The summed E-state index contributed by atoms with van der Waals surface area (Å²) in [5.41, 5.74) is 1.97. The number of fused-ring (bicyclic) bond motifs is 1. The molecular formula is C23H22ClN5O3. The number of pyridine rings is 1. The van der Waals surface area contributed by atoms with E-state index in [1.807, 2.05) is 13.8 Å². The van der Waals surface area contributed by atoms with Crippen molar-refractivity contribution in [2.45, 2.75) is 19.9 Å². The first kappa shape index (κ1) is 21.6. The lowest BCUT2D eigenvalue weighted by Crippen LogP contribution is -2.35. The van der Waals surface area contributed by atoms with E-state index >= 15 is 0 Å². The number of halogens is 1. The van der Waals surface area contributed by atoms with Crippen molar-refractivity contribution < 1.29 is 14.0 Å². The number of anilines is 1. The van der Waals surface area contributed by atoms with Gasteiger partial charge in [0, 0.05) is 13.1 Å². The Kier molecular flexibility index (Phi) is 5.96. The Bertz CT molecular complexity index is 1280. The molecule has 0 aliphatic carbocycles. The zero-order valence-corrected chi connectivity index (χ0v) is 18.6. The summed E-state index contributed by atoms with van der Waals surface area (Å²) >= 11 is 6.10. The van der Waals surface area contributed by atoms with E-state index in [2.05, 4.69) is 15.4 Å². The molecule has 9 heteroatoms. The predicted octanol–water partition coefficient (Wildman–Crippen LogP) is 4.64. The van der Waals surface area contributed by atoms with E-state index in [0.29, 0.717) is 38.8 Å². The van der Waals surface area contributed by atoms with E-state index in [1.54, 1.807) is 66.7 Å². The van der Waals surface area contributed by atoms with Crippen molar-refractivity contribution in [3.63, 3.8) is 0 Å².